The molecule has 1 aromatic rings. The molecule has 2 heterocycles. The van der Waals surface area contributed by atoms with Gasteiger partial charge in [-0.15, -0.1) is 0 Å². The highest BCUT2D eigenvalue weighted by molar-refractivity contribution is 5.91. The predicted octanol–water partition coefficient (Wildman–Crippen LogP) is 5.44. The first-order valence-electron chi connectivity index (χ1n) is 13.3. The standard InChI is InChI=1S/C32H38O8/c1-21-7-5-10-30(34)40-29(31(32(35)36)38-20-24-11-13-26(37-4)14-12-24)19-23(3)18-28-17-22(2)16-27(39-28)9-6-8-25(33)15-21/h5-8,10-14,18,27-29,31H,2,9,15-17,19-20H2,1,3-4H3,(H,35,36)/b8-6+,10-5+,21-7-,23-18+/t27-,28-,29-,31+/m1/s1. The summed E-state index contributed by atoms with van der Waals surface area (Å²) in [7, 11) is 1.56. The number of carbonyl (C=O) groups is 3. The second-order valence-corrected chi connectivity index (χ2v) is 10.2. The van der Waals surface area contributed by atoms with Gasteiger partial charge in [0, 0.05) is 18.9 Å². The quantitative estimate of drug-likeness (QED) is 0.369. The van der Waals surface area contributed by atoms with E-state index in [0.717, 1.165) is 22.3 Å². The number of benzene rings is 1. The van der Waals surface area contributed by atoms with Crippen molar-refractivity contribution in [1.29, 1.82) is 0 Å². The van der Waals surface area contributed by atoms with Gasteiger partial charge in [-0.3, -0.25) is 4.79 Å². The lowest BCUT2D eigenvalue weighted by Crippen LogP contribution is -2.39. The molecule has 1 aromatic carbocycles. The van der Waals surface area contributed by atoms with Crippen LogP contribution in [0.25, 0.3) is 0 Å². The Bertz CT molecular complexity index is 1190. The molecule has 2 aliphatic heterocycles. The summed E-state index contributed by atoms with van der Waals surface area (Å²) in [6.45, 7) is 7.79. The van der Waals surface area contributed by atoms with Crippen molar-refractivity contribution < 1.29 is 38.4 Å². The van der Waals surface area contributed by atoms with Gasteiger partial charge in [-0.2, -0.15) is 0 Å². The normalized spacial score (nSPS) is 28.0. The van der Waals surface area contributed by atoms with E-state index in [2.05, 4.69) is 6.58 Å². The number of ketones is 1. The van der Waals surface area contributed by atoms with Crippen molar-refractivity contribution in [2.75, 3.05) is 7.11 Å². The number of rotatable bonds is 6. The number of esters is 1. The van der Waals surface area contributed by atoms with Crippen LogP contribution in [0.1, 0.15) is 51.5 Å². The Morgan fingerprint density at radius 2 is 1.85 bits per heavy atom. The maximum atomic E-state index is 12.7. The van der Waals surface area contributed by atoms with Gasteiger partial charge in [-0.1, -0.05) is 59.7 Å². The fourth-order valence-corrected chi connectivity index (χ4v) is 4.65. The highest BCUT2D eigenvalue weighted by Gasteiger charge is 2.33. The third-order valence-electron chi connectivity index (χ3n) is 6.57. The van der Waals surface area contributed by atoms with Crippen LogP contribution in [0.15, 0.2) is 84.0 Å². The van der Waals surface area contributed by atoms with Gasteiger partial charge in [0.15, 0.2) is 11.9 Å². The lowest BCUT2D eigenvalue weighted by Gasteiger charge is -2.30. The molecule has 0 amide bonds. The Labute approximate surface area is 235 Å². The molecule has 40 heavy (non-hydrogen) atoms. The van der Waals surface area contributed by atoms with E-state index in [1.807, 2.05) is 19.1 Å². The Morgan fingerprint density at radius 1 is 1.10 bits per heavy atom. The smallest absolute Gasteiger partial charge is 0.336 e. The van der Waals surface area contributed by atoms with E-state index in [0.29, 0.717) is 25.0 Å². The van der Waals surface area contributed by atoms with Crippen LogP contribution >= 0.6 is 0 Å². The van der Waals surface area contributed by atoms with Crippen molar-refractivity contribution >= 4 is 17.7 Å². The fourth-order valence-electron chi connectivity index (χ4n) is 4.65. The third-order valence-corrected chi connectivity index (χ3v) is 6.57. The minimum absolute atomic E-state index is 0.00430. The molecule has 0 unspecified atom stereocenters. The second-order valence-electron chi connectivity index (χ2n) is 10.2. The van der Waals surface area contributed by atoms with Crippen LogP contribution in [0.5, 0.6) is 5.75 Å². The lowest BCUT2D eigenvalue weighted by molar-refractivity contribution is -0.169. The van der Waals surface area contributed by atoms with Crippen LogP contribution in [-0.4, -0.2) is 54.4 Å². The van der Waals surface area contributed by atoms with Crippen molar-refractivity contribution in [2.24, 2.45) is 0 Å². The summed E-state index contributed by atoms with van der Waals surface area (Å²) >= 11 is 0. The lowest BCUT2D eigenvalue weighted by atomic mass is 9.95. The van der Waals surface area contributed by atoms with Crippen LogP contribution in [0.4, 0.5) is 0 Å². The molecular formula is C32H38O8. The average molecular weight is 551 g/mol. The summed E-state index contributed by atoms with van der Waals surface area (Å²) in [6.07, 6.45) is 9.04. The highest BCUT2D eigenvalue weighted by Crippen LogP contribution is 2.28. The molecule has 1 saturated heterocycles. The number of carboxylic acid groups (broad SMARTS) is 1. The third kappa shape index (κ3) is 10.1. The largest absolute Gasteiger partial charge is 0.497 e. The second kappa shape index (κ2) is 15.1. The van der Waals surface area contributed by atoms with E-state index in [9.17, 15) is 19.5 Å². The predicted molar refractivity (Wildman–Crippen MR) is 151 cm³/mol. The molecule has 1 N–H and O–H groups in total. The van der Waals surface area contributed by atoms with Crippen molar-refractivity contribution in [3.05, 3.63) is 89.6 Å². The van der Waals surface area contributed by atoms with Crippen LogP contribution in [0.2, 0.25) is 0 Å². The number of carbonyl (C=O) groups excluding carboxylic acids is 2. The molecule has 214 valence electrons. The first-order chi connectivity index (χ1) is 19.1. The molecule has 3 rings (SSSR count). The summed E-state index contributed by atoms with van der Waals surface area (Å²) in [6, 6.07) is 7.07. The van der Waals surface area contributed by atoms with Crippen LogP contribution < -0.4 is 4.74 Å². The van der Waals surface area contributed by atoms with Crippen molar-refractivity contribution in [3.8, 4) is 5.75 Å². The molecule has 4 atom stereocenters. The Kier molecular flexibility index (Phi) is 11.7. The number of carboxylic acids is 1. The fraction of sp³-hybridized carbons (Fsp3) is 0.406. The molecule has 2 bridgehead atoms. The average Bonchev–Trinajstić information content (AvgIpc) is 2.88. The number of cyclic esters (lactones) is 1. The van der Waals surface area contributed by atoms with E-state index >= 15 is 0 Å². The topological polar surface area (TPSA) is 108 Å². The zero-order valence-electron chi connectivity index (χ0n) is 23.3. The van der Waals surface area contributed by atoms with Crippen molar-refractivity contribution in [1.82, 2.24) is 0 Å². The van der Waals surface area contributed by atoms with Gasteiger partial charge in [-0.25, -0.2) is 9.59 Å². The molecule has 0 saturated carbocycles. The minimum Gasteiger partial charge on any atom is -0.497 e. The first-order valence-corrected chi connectivity index (χ1v) is 13.3. The van der Waals surface area contributed by atoms with Gasteiger partial charge in [0.05, 0.1) is 25.9 Å². The summed E-state index contributed by atoms with van der Waals surface area (Å²) in [5, 5.41) is 10.0. The monoisotopic (exact) mass is 550 g/mol. The maximum Gasteiger partial charge on any atom is 0.336 e. The van der Waals surface area contributed by atoms with Gasteiger partial charge in [0.1, 0.15) is 11.9 Å². The van der Waals surface area contributed by atoms with Gasteiger partial charge >= 0.3 is 11.9 Å². The summed E-state index contributed by atoms with van der Waals surface area (Å²) in [5.74, 6) is -1.33. The molecule has 0 aromatic heterocycles. The van der Waals surface area contributed by atoms with Gasteiger partial charge in [-0.05, 0) is 56.9 Å². The van der Waals surface area contributed by atoms with Crippen LogP contribution in [-0.2, 0) is 35.2 Å². The summed E-state index contributed by atoms with van der Waals surface area (Å²) in [4.78, 5) is 37.3. The zero-order chi connectivity index (χ0) is 29.1. The van der Waals surface area contributed by atoms with E-state index in [-0.39, 0.29) is 37.4 Å². The molecule has 8 heteroatoms. The summed E-state index contributed by atoms with van der Waals surface area (Å²) < 4.78 is 22.8. The Balaban J connectivity index is 1.87. The van der Waals surface area contributed by atoms with Crippen LogP contribution in [0.3, 0.4) is 0 Å². The minimum atomic E-state index is -1.41. The molecule has 0 radical (unpaired) electrons. The van der Waals surface area contributed by atoms with E-state index in [1.165, 1.54) is 12.2 Å². The number of fused-ring (bicyclic) bond motifs is 2. The van der Waals surface area contributed by atoms with Crippen molar-refractivity contribution in [2.45, 2.75) is 77.0 Å². The first kappa shape index (κ1) is 30.8. The molecule has 2 aliphatic rings. The molecule has 0 spiro atoms. The zero-order valence-corrected chi connectivity index (χ0v) is 23.3. The van der Waals surface area contributed by atoms with Crippen molar-refractivity contribution in [3.63, 3.8) is 0 Å². The number of hydrogen-bond donors (Lipinski definition) is 1. The Hall–Kier alpha value is -3.75. The van der Waals surface area contributed by atoms with E-state index in [4.69, 9.17) is 18.9 Å². The molecular weight excluding hydrogens is 512 g/mol. The number of hydrogen-bond acceptors (Lipinski definition) is 7. The summed E-state index contributed by atoms with van der Waals surface area (Å²) in [5.41, 5.74) is 3.35. The van der Waals surface area contributed by atoms with Gasteiger partial charge in [0.25, 0.3) is 0 Å². The van der Waals surface area contributed by atoms with Gasteiger partial charge in [0.2, 0.25) is 0 Å². The molecule has 8 nitrogen and oxygen atoms in total. The Morgan fingerprint density at radius 3 is 2.55 bits per heavy atom. The number of aliphatic carboxylic acids is 1. The maximum absolute atomic E-state index is 12.7. The number of ether oxygens (including phenoxy) is 4. The number of allylic oxidation sites excluding steroid dienone is 4. The number of methoxy groups -OCH3 is 1. The molecule has 1 fully saturated rings. The van der Waals surface area contributed by atoms with E-state index in [1.54, 1.807) is 50.5 Å². The SMILES string of the molecule is C=C1C[C@H]2C/C=C/C(=O)C/C(C)=C\C=C\C(=O)O[C@@H]([C@H](OCc3ccc(OC)cc3)C(=O)O)C/C(C)=C/[C@@H](C1)O2. The molecule has 0 aliphatic carbocycles. The van der Waals surface area contributed by atoms with Gasteiger partial charge < -0.3 is 24.1 Å². The highest BCUT2D eigenvalue weighted by atomic mass is 16.6. The van der Waals surface area contributed by atoms with Crippen LogP contribution in [0, 0.1) is 0 Å². The van der Waals surface area contributed by atoms with E-state index < -0.39 is 24.1 Å².